The van der Waals surface area contributed by atoms with Gasteiger partial charge in [0.15, 0.2) is 0 Å². The van der Waals surface area contributed by atoms with Gasteiger partial charge >= 0.3 is 0 Å². The summed E-state index contributed by atoms with van der Waals surface area (Å²) in [5, 5.41) is 14.0. The highest BCUT2D eigenvalue weighted by Gasteiger charge is 2.20. The van der Waals surface area contributed by atoms with E-state index in [2.05, 4.69) is 28.5 Å². The average Bonchev–Trinajstić information content (AvgIpc) is 2.97. The second-order valence-electron chi connectivity index (χ2n) is 5.61. The van der Waals surface area contributed by atoms with Crippen molar-refractivity contribution in [3.05, 3.63) is 41.6 Å². The molecule has 0 radical (unpaired) electrons. The van der Waals surface area contributed by atoms with Crippen LogP contribution in [0.15, 0.2) is 30.3 Å². The Morgan fingerprint density at radius 3 is 2.80 bits per heavy atom. The fourth-order valence-corrected chi connectivity index (χ4v) is 2.96. The molecule has 1 aromatic carbocycles. The van der Waals surface area contributed by atoms with Crippen LogP contribution in [0, 0.1) is 18.3 Å². The maximum Gasteiger partial charge on any atom is 0.121 e. The lowest BCUT2D eigenvalue weighted by Gasteiger charge is -2.17. The van der Waals surface area contributed by atoms with E-state index in [1.165, 1.54) is 25.7 Å². The van der Waals surface area contributed by atoms with Crippen LogP contribution in [0.4, 0.5) is 0 Å². The molecule has 0 aliphatic heterocycles. The van der Waals surface area contributed by atoms with E-state index < -0.39 is 0 Å². The Balaban J connectivity index is 1.87. The molecule has 3 nitrogen and oxygen atoms in total. The molecule has 3 heteroatoms. The number of fused-ring (bicyclic) bond motifs is 1. The van der Waals surface area contributed by atoms with Crippen molar-refractivity contribution in [1.82, 2.24) is 10.3 Å². The predicted molar refractivity (Wildman–Crippen MR) is 80.2 cm³/mol. The van der Waals surface area contributed by atoms with Gasteiger partial charge in [0.25, 0.3) is 0 Å². The number of aryl methyl sites for hydroxylation is 1. The summed E-state index contributed by atoms with van der Waals surface area (Å²) in [6, 6.07) is 12.9. The minimum atomic E-state index is -0.219. The number of aromatic nitrogens is 1. The van der Waals surface area contributed by atoms with Crippen LogP contribution >= 0.6 is 0 Å². The summed E-state index contributed by atoms with van der Waals surface area (Å²) in [6.45, 7) is 1.99. The Morgan fingerprint density at radius 2 is 2.05 bits per heavy atom. The van der Waals surface area contributed by atoms with Crippen LogP contribution in [0.25, 0.3) is 10.9 Å². The van der Waals surface area contributed by atoms with Crippen molar-refractivity contribution in [2.45, 2.75) is 44.7 Å². The van der Waals surface area contributed by atoms with Gasteiger partial charge in [-0.2, -0.15) is 5.26 Å². The van der Waals surface area contributed by atoms with Gasteiger partial charge in [0.05, 0.1) is 11.6 Å². The molecular weight excluding hydrogens is 246 g/mol. The van der Waals surface area contributed by atoms with E-state index in [1.807, 2.05) is 25.1 Å². The first-order valence-electron chi connectivity index (χ1n) is 7.29. The topological polar surface area (TPSA) is 48.7 Å². The molecule has 0 bridgehead atoms. The standard InChI is InChI=1S/C17H19N3/c1-12-6-7-13-10-14(8-9-16(13)19-12)17(11-18)20-15-4-2-3-5-15/h6-10,15,17,20H,2-5H2,1H3. The molecule has 1 aliphatic carbocycles. The number of rotatable bonds is 3. The third-order valence-corrected chi connectivity index (χ3v) is 4.07. The first kappa shape index (κ1) is 13.1. The number of nitrogens with zero attached hydrogens (tertiary/aromatic N) is 2. The van der Waals surface area contributed by atoms with Gasteiger partial charge in [0.1, 0.15) is 6.04 Å². The van der Waals surface area contributed by atoms with E-state index in [0.717, 1.165) is 22.2 Å². The van der Waals surface area contributed by atoms with Gasteiger partial charge in [-0.15, -0.1) is 0 Å². The van der Waals surface area contributed by atoms with Crippen LogP contribution < -0.4 is 5.32 Å². The molecule has 0 amide bonds. The number of pyridine rings is 1. The first-order valence-corrected chi connectivity index (χ1v) is 7.29. The van der Waals surface area contributed by atoms with Gasteiger partial charge in [0.2, 0.25) is 0 Å². The molecule has 1 unspecified atom stereocenters. The molecule has 2 aromatic rings. The molecule has 1 fully saturated rings. The fraction of sp³-hybridized carbons (Fsp3) is 0.412. The van der Waals surface area contributed by atoms with Crippen molar-refractivity contribution in [3.8, 4) is 6.07 Å². The van der Waals surface area contributed by atoms with Gasteiger partial charge in [-0.25, -0.2) is 0 Å². The van der Waals surface area contributed by atoms with Crippen molar-refractivity contribution in [3.63, 3.8) is 0 Å². The number of benzene rings is 1. The van der Waals surface area contributed by atoms with Gasteiger partial charge in [0, 0.05) is 17.1 Å². The molecule has 1 aromatic heterocycles. The number of hydrogen-bond acceptors (Lipinski definition) is 3. The van der Waals surface area contributed by atoms with E-state index in [4.69, 9.17) is 0 Å². The van der Waals surface area contributed by atoms with Crippen molar-refractivity contribution >= 4 is 10.9 Å². The number of nitrogens with one attached hydrogen (secondary N) is 1. The van der Waals surface area contributed by atoms with Gasteiger partial charge in [-0.05, 0) is 43.5 Å². The summed E-state index contributed by atoms with van der Waals surface area (Å²) in [5.74, 6) is 0. The van der Waals surface area contributed by atoms with Crippen LogP contribution in [0.5, 0.6) is 0 Å². The largest absolute Gasteiger partial charge is 0.295 e. The molecule has 1 heterocycles. The monoisotopic (exact) mass is 265 g/mol. The zero-order valence-electron chi connectivity index (χ0n) is 11.8. The molecule has 102 valence electrons. The van der Waals surface area contributed by atoms with Crippen LogP contribution in [0.2, 0.25) is 0 Å². The molecule has 3 rings (SSSR count). The summed E-state index contributed by atoms with van der Waals surface area (Å²) in [7, 11) is 0. The third kappa shape index (κ3) is 2.66. The predicted octanol–water partition coefficient (Wildman–Crippen LogP) is 3.64. The Kier molecular flexibility index (Phi) is 3.66. The Bertz CT molecular complexity index is 651. The molecule has 0 spiro atoms. The van der Waals surface area contributed by atoms with E-state index in [-0.39, 0.29) is 6.04 Å². The van der Waals surface area contributed by atoms with E-state index in [9.17, 15) is 5.26 Å². The zero-order chi connectivity index (χ0) is 13.9. The number of nitriles is 1. The highest BCUT2D eigenvalue weighted by Crippen LogP contribution is 2.24. The number of hydrogen-bond donors (Lipinski definition) is 1. The van der Waals surface area contributed by atoms with E-state index in [1.54, 1.807) is 0 Å². The van der Waals surface area contributed by atoms with Crippen molar-refractivity contribution < 1.29 is 0 Å². The SMILES string of the molecule is Cc1ccc2cc(C(C#N)NC3CCCC3)ccc2n1. The van der Waals surface area contributed by atoms with Gasteiger partial charge in [-0.3, -0.25) is 10.3 Å². The minimum Gasteiger partial charge on any atom is -0.295 e. The highest BCUT2D eigenvalue weighted by molar-refractivity contribution is 5.79. The van der Waals surface area contributed by atoms with Crippen LogP contribution in [-0.4, -0.2) is 11.0 Å². The van der Waals surface area contributed by atoms with Crippen LogP contribution in [-0.2, 0) is 0 Å². The summed E-state index contributed by atoms with van der Waals surface area (Å²) < 4.78 is 0. The molecule has 20 heavy (non-hydrogen) atoms. The average molecular weight is 265 g/mol. The summed E-state index contributed by atoms with van der Waals surface area (Å²) in [5.41, 5.74) is 3.05. The first-order chi connectivity index (χ1) is 9.76. The molecule has 1 N–H and O–H groups in total. The zero-order valence-corrected chi connectivity index (χ0v) is 11.8. The van der Waals surface area contributed by atoms with E-state index in [0.29, 0.717) is 6.04 Å². The lowest BCUT2D eigenvalue weighted by Crippen LogP contribution is -2.29. The Morgan fingerprint density at radius 1 is 1.25 bits per heavy atom. The highest BCUT2D eigenvalue weighted by atomic mass is 15.0. The molecule has 1 atom stereocenters. The summed E-state index contributed by atoms with van der Waals surface area (Å²) in [6.07, 6.45) is 4.92. The van der Waals surface area contributed by atoms with Gasteiger partial charge < -0.3 is 0 Å². The third-order valence-electron chi connectivity index (χ3n) is 4.07. The Hall–Kier alpha value is -1.92. The normalized spacial score (nSPS) is 17.2. The molecular formula is C17H19N3. The second kappa shape index (κ2) is 5.60. The van der Waals surface area contributed by atoms with Crippen molar-refractivity contribution in [2.75, 3.05) is 0 Å². The lowest BCUT2D eigenvalue weighted by molar-refractivity contribution is 0.492. The van der Waals surface area contributed by atoms with Gasteiger partial charge in [-0.1, -0.05) is 25.0 Å². The molecule has 1 saturated carbocycles. The van der Waals surface area contributed by atoms with Crippen LogP contribution in [0.1, 0.15) is 43.0 Å². The molecule has 0 saturated heterocycles. The molecule has 1 aliphatic rings. The minimum absolute atomic E-state index is 0.219. The van der Waals surface area contributed by atoms with Crippen molar-refractivity contribution in [1.29, 1.82) is 5.26 Å². The quantitative estimate of drug-likeness (QED) is 0.921. The summed E-state index contributed by atoms with van der Waals surface area (Å²) in [4.78, 5) is 4.50. The van der Waals surface area contributed by atoms with Crippen LogP contribution in [0.3, 0.4) is 0 Å². The second-order valence-corrected chi connectivity index (χ2v) is 5.61. The maximum atomic E-state index is 9.43. The van der Waals surface area contributed by atoms with E-state index >= 15 is 0 Å². The van der Waals surface area contributed by atoms with Crippen molar-refractivity contribution in [2.24, 2.45) is 0 Å². The summed E-state index contributed by atoms with van der Waals surface area (Å²) >= 11 is 0. The Labute approximate surface area is 119 Å². The fourth-order valence-electron chi connectivity index (χ4n) is 2.96. The maximum absolute atomic E-state index is 9.43. The smallest absolute Gasteiger partial charge is 0.121 e. The lowest BCUT2D eigenvalue weighted by atomic mass is 10.0.